The number of urea groups is 1. The Kier molecular flexibility index (Phi) is 3.93. The summed E-state index contributed by atoms with van der Waals surface area (Å²) in [7, 11) is -0.830. The second-order valence-corrected chi connectivity index (χ2v) is 6.64. The molecule has 0 radical (unpaired) electrons. The van der Waals surface area contributed by atoms with E-state index < -0.39 is 22.8 Å². The summed E-state index contributed by atoms with van der Waals surface area (Å²) >= 11 is 1.45. The Morgan fingerprint density at radius 1 is 1.29 bits per heavy atom. The molecule has 6 nitrogen and oxygen atoms in total. The highest BCUT2D eigenvalue weighted by molar-refractivity contribution is 7.99. The van der Waals surface area contributed by atoms with Crippen molar-refractivity contribution in [2.75, 3.05) is 36.2 Å². The molecule has 0 unspecified atom stereocenters. The van der Waals surface area contributed by atoms with Crippen molar-refractivity contribution >= 4 is 34.6 Å². The standard InChI is InChI=1S/C9H14N2O4S2/c12-8(13)7-5-16-6-11(7)9(14)10-1-3-17(15)4-2-10/h7H,1-6H2,(H,12,13)/t7-/m0/s1. The van der Waals surface area contributed by atoms with Crippen LogP contribution in [-0.2, 0) is 15.6 Å². The van der Waals surface area contributed by atoms with Crippen LogP contribution >= 0.6 is 11.8 Å². The summed E-state index contributed by atoms with van der Waals surface area (Å²) in [6, 6.07) is -0.959. The third kappa shape index (κ3) is 2.74. The fourth-order valence-corrected chi connectivity index (χ4v) is 4.04. The molecule has 1 atom stereocenters. The lowest BCUT2D eigenvalue weighted by atomic mass is 10.3. The molecule has 2 aliphatic heterocycles. The monoisotopic (exact) mass is 278 g/mol. The second kappa shape index (κ2) is 5.26. The van der Waals surface area contributed by atoms with Crippen LogP contribution in [0.4, 0.5) is 4.79 Å². The Balaban J connectivity index is 1.99. The topological polar surface area (TPSA) is 77.9 Å². The van der Waals surface area contributed by atoms with Crippen LogP contribution in [0.15, 0.2) is 0 Å². The van der Waals surface area contributed by atoms with Gasteiger partial charge in [-0.2, -0.15) is 0 Å². The van der Waals surface area contributed by atoms with Crippen molar-refractivity contribution in [1.82, 2.24) is 9.80 Å². The molecule has 0 aliphatic carbocycles. The lowest BCUT2D eigenvalue weighted by Crippen LogP contribution is -2.52. The highest BCUT2D eigenvalue weighted by Crippen LogP contribution is 2.22. The maximum absolute atomic E-state index is 12.1. The van der Waals surface area contributed by atoms with Crippen LogP contribution in [-0.4, -0.2) is 73.4 Å². The summed E-state index contributed by atoms with van der Waals surface area (Å²) in [5.41, 5.74) is 0. The van der Waals surface area contributed by atoms with E-state index in [0.29, 0.717) is 36.2 Å². The van der Waals surface area contributed by atoms with Gasteiger partial charge in [0, 0.05) is 41.1 Å². The number of hydrogen-bond donors (Lipinski definition) is 1. The third-order valence-corrected chi connectivity index (χ3v) is 5.15. The van der Waals surface area contributed by atoms with Crippen molar-refractivity contribution in [1.29, 1.82) is 0 Å². The zero-order valence-electron chi connectivity index (χ0n) is 9.20. The largest absolute Gasteiger partial charge is 0.480 e. The lowest BCUT2D eigenvalue weighted by molar-refractivity contribution is -0.140. The van der Waals surface area contributed by atoms with Crippen molar-refractivity contribution < 1.29 is 18.9 Å². The first-order chi connectivity index (χ1) is 8.09. The molecule has 17 heavy (non-hydrogen) atoms. The Labute approximate surface area is 106 Å². The van der Waals surface area contributed by atoms with E-state index in [1.807, 2.05) is 0 Å². The third-order valence-electron chi connectivity index (χ3n) is 2.86. The highest BCUT2D eigenvalue weighted by Gasteiger charge is 2.37. The van der Waals surface area contributed by atoms with Crippen LogP contribution in [0.3, 0.4) is 0 Å². The quantitative estimate of drug-likeness (QED) is 0.708. The molecule has 2 amide bonds. The fourth-order valence-electron chi connectivity index (χ4n) is 1.85. The second-order valence-electron chi connectivity index (χ2n) is 3.94. The average molecular weight is 278 g/mol. The lowest BCUT2D eigenvalue weighted by Gasteiger charge is -2.31. The van der Waals surface area contributed by atoms with Gasteiger partial charge < -0.3 is 14.9 Å². The predicted octanol–water partition coefficient (Wildman–Crippen LogP) is -0.370. The van der Waals surface area contributed by atoms with Crippen LogP contribution < -0.4 is 0 Å². The summed E-state index contributed by atoms with van der Waals surface area (Å²) in [4.78, 5) is 26.1. The normalized spacial score (nSPS) is 26.2. The van der Waals surface area contributed by atoms with Gasteiger partial charge in [0.1, 0.15) is 6.04 Å². The van der Waals surface area contributed by atoms with Crippen molar-refractivity contribution in [3.8, 4) is 0 Å². The molecule has 0 saturated carbocycles. The molecular formula is C9H14N2O4S2. The summed E-state index contributed by atoms with van der Waals surface area (Å²) in [5, 5.41) is 9.00. The molecule has 0 bridgehead atoms. The van der Waals surface area contributed by atoms with Crippen LogP contribution in [0.2, 0.25) is 0 Å². The zero-order chi connectivity index (χ0) is 12.4. The number of hydrogen-bond acceptors (Lipinski definition) is 4. The Morgan fingerprint density at radius 3 is 2.53 bits per heavy atom. The van der Waals surface area contributed by atoms with E-state index >= 15 is 0 Å². The summed E-state index contributed by atoms with van der Waals surface area (Å²) in [6.45, 7) is 0.915. The van der Waals surface area contributed by atoms with E-state index in [0.717, 1.165) is 0 Å². The number of carbonyl (C=O) groups excluding carboxylic acids is 1. The van der Waals surface area contributed by atoms with E-state index in [9.17, 15) is 13.8 Å². The first-order valence-electron chi connectivity index (χ1n) is 5.30. The minimum absolute atomic E-state index is 0.237. The van der Waals surface area contributed by atoms with Gasteiger partial charge in [-0.15, -0.1) is 11.8 Å². The van der Waals surface area contributed by atoms with Crippen LogP contribution in [0.5, 0.6) is 0 Å². The number of nitrogens with zero attached hydrogens (tertiary/aromatic N) is 2. The first-order valence-corrected chi connectivity index (χ1v) is 7.95. The van der Waals surface area contributed by atoms with Crippen molar-refractivity contribution in [3.63, 3.8) is 0 Å². The summed E-state index contributed by atoms with van der Waals surface area (Å²) < 4.78 is 11.2. The summed E-state index contributed by atoms with van der Waals surface area (Å²) in [5.74, 6) is 0.898. The van der Waals surface area contributed by atoms with Gasteiger partial charge in [0.05, 0.1) is 5.88 Å². The number of amides is 2. The van der Waals surface area contributed by atoms with Crippen LogP contribution in [0, 0.1) is 0 Å². The van der Waals surface area contributed by atoms with E-state index in [1.54, 1.807) is 4.90 Å². The zero-order valence-corrected chi connectivity index (χ0v) is 10.8. The molecule has 1 N–H and O–H groups in total. The van der Waals surface area contributed by atoms with E-state index in [1.165, 1.54) is 16.7 Å². The van der Waals surface area contributed by atoms with Gasteiger partial charge in [0.25, 0.3) is 0 Å². The van der Waals surface area contributed by atoms with Gasteiger partial charge >= 0.3 is 12.0 Å². The first kappa shape index (κ1) is 12.7. The van der Waals surface area contributed by atoms with Gasteiger partial charge in [0.2, 0.25) is 0 Å². The number of carboxylic acid groups (broad SMARTS) is 1. The molecule has 0 aromatic rings. The minimum Gasteiger partial charge on any atom is -0.480 e. The molecule has 2 saturated heterocycles. The fraction of sp³-hybridized carbons (Fsp3) is 0.778. The molecular weight excluding hydrogens is 264 g/mol. The highest BCUT2D eigenvalue weighted by atomic mass is 32.2. The number of carbonyl (C=O) groups is 2. The van der Waals surface area contributed by atoms with Crippen molar-refractivity contribution in [2.24, 2.45) is 0 Å². The maximum atomic E-state index is 12.1. The van der Waals surface area contributed by atoms with E-state index in [-0.39, 0.29) is 6.03 Å². The molecule has 2 heterocycles. The molecule has 2 rings (SSSR count). The SMILES string of the molecule is O=C(O)[C@@H]1CSCN1C(=O)N1CCS(=O)CC1. The smallest absolute Gasteiger partial charge is 0.327 e. The van der Waals surface area contributed by atoms with Gasteiger partial charge in [-0.25, -0.2) is 9.59 Å². The van der Waals surface area contributed by atoms with Gasteiger partial charge in [0.15, 0.2) is 0 Å². The summed E-state index contributed by atoms with van der Waals surface area (Å²) in [6.07, 6.45) is 0. The predicted molar refractivity (Wildman–Crippen MR) is 65.4 cm³/mol. The molecule has 0 spiro atoms. The Morgan fingerprint density at radius 2 is 1.94 bits per heavy atom. The minimum atomic E-state index is -0.955. The molecule has 2 fully saturated rings. The maximum Gasteiger partial charge on any atom is 0.327 e. The van der Waals surface area contributed by atoms with Crippen LogP contribution in [0.25, 0.3) is 0 Å². The number of thioether (sulfide) groups is 1. The number of aliphatic carboxylic acids is 1. The number of rotatable bonds is 1. The van der Waals surface area contributed by atoms with E-state index in [2.05, 4.69) is 0 Å². The average Bonchev–Trinajstić information content (AvgIpc) is 2.78. The molecule has 96 valence electrons. The van der Waals surface area contributed by atoms with Gasteiger partial charge in [-0.1, -0.05) is 0 Å². The van der Waals surface area contributed by atoms with Gasteiger partial charge in [-0.05, 0) is 0 Å². The van der Waals surface area contributed by atoms with Crippen molar-refractivity contribution in [3.05, 3.63) is 0 Å². The van der Waals surface area contributed by atoms with Gasteiger partial charge in [-0.3, -0.25) is 4.21 Å². The number of carboxylic acids is 1. The Hall–Kier alpha value is -0.760. The van der Waals surface area contributed by atoms with Crippen molar-refractivity contribution in [2.45, 2.75) is 6.04 Å². The molecule has 8 heteroatoms. The van der Waals surface area contributed by atoms with Crippen LogP contribution in [0.1, 0.15) is 0 Å². The molecule has 2 aliphatic rings. The molecule has 0 aromatic heterocycles. The van der Waals surface area contributed by atoms with E-state index in [4.69, 9.17) is 5.11 Å². The molecule has 0 aromatic carbocycles. The Bertz CT molecular complexity index is 353.